The first-order chi connectivity index (χ1) is 10.8. The van der Waals surface area contributed by atoms with Crippen LogP contribution in [0.3, 0.4) is 0 Å². The van der Waals surface area contributed by atoms with Gasteiger partial charge < -0.3 is 0 Å². The predicted octanol–water partition coefficient (Wildman–Crippen LogP) is 5.69. The number of ketones is 1. The number of hydrogen-bond acceptors (Lipinski definition) is 1. The topological polar surface area (TPSA) is 17.1 Å². The maximum absolute atomic E-state index is 12.8. The van der Waals surface area contributed by atoms with E-state index in [0.29, 0.717) is 5.78 Å². The molecule has 2 fully saturated rings. The number of Topliss-reactive ketones (excluding diaryl/α,β-unsaturated/α-hetero) is 1. The highest BCUT2D eigenvalue weighted by atomic mass is 16.1. The number of rotatable bonds is 1. The number of allylic oxidation sites excluding steroid dienone is 2. The third-order valence-electron chi connectivity index (χ3n) is 8.01. The maximum Gasteiger partial charge on any atom is 0.139 e. The lowest BCUT2D eigenvalue weighted by Crippen LogP contribution is -2.62. The highest BCUT2D eigenvalue weighted by Crippen LogP contribution is 2.72. The Balaban J connectivity index is 2.22. The van der Waals surface area contributed by atoms with Crippen molar-refractivity contribution in [3.8, 4) is 11.8 Å². The fourth-order valence-electron chi connectivity index (χ4n) is 6.71. The van der Waals surface area contributed by atoms with Crippen molar-refractivity contribution in [1.29, 1.82) is 0 Å². The zero-order valence-electron chi connectivity index (χ0n) is 15.6. The molecular formula is C22H32O. The van der Waals surface area contributed by atoms with E-state index < -0.39 is 0 Å². The van der Waals surface area contributed by atoms with Crippen molar-refractivity contribution in [2.24, 2.45) is 21.7 Å². The molecule has 3 atom stereocenters. The van der Waals surface area contributed by atoms with Gasteiger partial charge in [-0.25, -0.2) is 0 Å². The Hall–Kier alpha value is -1.03. The summed E-state index contributed by atoms with van der Waals surface area (Å²) in [6.45, 7) is 11.2. The van der Waals surface area contributed by atoms with Gasteiger partial charge in [0.05, 0.1) is 5.41 Å². The highest BCUT2D eigenvalue weighted by Gasteiger charge is 2.66. The number of carbonyl (C=O) groups excluding carboxylic acids is 1. The average Bonchev–Trinajstić information content (AvgIpc) is 2.52. The molecule has 1 unspecified atom stereocenters. The third-order valence-corrected chi connectivity index (χ3v) is 8.01. The van der Waals surface area contributed by atoms with Crippen LogP contribution in [-0.2, 0) is 4.79 Å². The summed E-state index contributed by atoms with van der Waals surface area (Å²) in [6.07, 6.45) is 11.3. The molecule has 0 saturated heterocycles. The van der Waals surface area contributed by atoms with Gasteiger partial charge >= 0.3 is 0 Å². The Labute approximate surface area is 142 Å². The molecule has 0 bridgehead atoms. The summed E-state index contributed by atoms with van der Waals surface area (Å²) in [5.41, 5.74) is 1.69. The molecule has 3 rings (SSSR count). The smallest absolute Gasteiger partial charge is 0.139 e. The number of hydrogen-bond donors (Lipinski definition) is 0. The van der Waals surface area contributed by atoms with Gasteiger partial charge in [-0.15, -0.1) is 5.92 Å². The molecule has 0 aliphatic heterocycles. The summed E-state index contributed by atoms with van der Waals surface area (Å²) in [5.74, 6) is 7.35. The lowest BCUT2D eigenvalue weighted by Gasteiger charge is -2.66. The molecule has 1 heteroatoms. The van der Waals surface area contributed by atoms with E-state index in [9.17, 15) is 4.79 Å². The summed E-state index contributed by atoms with van der Waals surface area (Å²) >= 11 is 0. The van der Waals surface area contributed by atoms with Gasteiger partial charge in [0.1, 0.15) is 5.78 Å². The molecule has 2 saturated carbocycles. The van der Waals surface area contributed by atoms with E-state index in [1.807, 2.05) is 6.92 Å². The predicted molar refractivity (Wildman–Crippen MR) is 95.9 cm³/mol. The van der Waals surface area contributed by atoms with Crippen LogP contribution >= 0.6 is 0 Å². The fourth-order valence-corrected chi connectivity index (χ4v) is 6.71. The van der Waals surface area contributed by atoms with E-state index in [1.165, 1.54) is 19.3 Å². The van der Waals surface area contributed by atoms with Gasteiger partial charge in [-0.1, -0.05) is 39.7 Å². The van der Waals surface area contributed by atoms with Crippen LogP contribution in [0, 0.1) is 33.5 Å². The monoisotopic (exact) mass is 312 g/mol. The third kappa shape index (κ3) is 1.90. The molecule has 0 heterocycles. The van der Waals surface area contributed by atoms with E-state index >= 15 is 0 Å². The van der Waals surface area contributed by atoms with Gasteiger partial charge in [-0.2, -0.15) is 0 Å². The molecule has 3 aliphatic carbocycles. The molecule has 1 nitrogen and oxygen atoms in total. The summed E-state index contributed by atoms with van der Waals surface area (Å²) in [6, 6.07) is 0. The summed E-state index contributed by atoms with van der Waals surface area (Å²) < 4.78 is 0. The Kier molecular flexibility index (Phi) is 3.83. The standard InChI is InChI=1S/C22H32O/c1-6-12-21-13-9-8-10-17(21)20(5)14-11-18(23)19(3,4)22(20,7-2)16-15-21/h10H,7-9,11,13-16H2,1-5H3/t20-,21?,22+/m1/s1. The SMILES string of the molecule is CC#CC12CCCC=C1[C@@]1(C)CCC(=O)C(C)(C)[C@]1(CC)CC2. The zero-order valence-corrected chi connectivity index (χ0v) is 15.6. The molecular weight excluding hydrogens is 280 g/mol. The minimum atomic E-state index is -0.223. The molecule has 3 aliphatic rings. The second-order valence-corrected chi connectivity index (χ2v) is 8.78. The first-order valence-electron chi connectivity index (χ1n) is 9.48. The van der Waals surface area contributed by atoms with Gasteiger partial charge in [-0.3, -0.25) is 4.79 Å². The molecule has 0 N–H and O–H groups in total. The van der Waals surface area contributed by atoms with Crippen LogP contribution in [0.5, 0.6) is 0 Å². The summed E-state index contributed by atoms with van der Waals surface area (Å²) in [7, 11) is 0. The molecule has 126 valence electrons. The molecule has 0 aromatic heterocycles. The Morgan fingerprint density at radius 2 is 1.87 bits per heavy atom. The molecule has 0 aromatic rings. The molecule has 0 aromatic carbocycles. The first kappa shape index (κ1) is 16.8. The lowest BCUT2D eigenvalue weighted by molar-refractivity contribution is -0.162. The van der Waals surface area contributed by atoms with Gasteiger partial charge in [0.15, 0.2) is 0 Å². The number of carbonyl (C=O) groups is 1. The van der Waals surface area contributed by atoms with Crippen molar-refractivity contribution < 1.29 is 4.79 Å². The maximum atomic E-state index is 12.8. The summed E-state index contributed by atoms with van der Waals surface area (Å²) in [4.78, 5) is 12.8. The fraction of sp³-hybridized carbons (Fsp3) is 0.773. The second kappa shape index (κ2) is 5.23. The number of fused-ring (bicyclic) bond motifs is 3. The van der Waals surface area contributed by atoms with Crippen LogP contribution in [0.25, 0.3) is 0 Å². The van der Waals surface area contributed by atoms with E-state index in [4.69, 9.17) is 0 Å². The van der Waals surface area contributed by atoms with Crippen LogP contribution < -0.4 is 0 Å². The quantitative estimate of drug-likeness (QED) is 0.449. The molecule has 0 radical (unpaired) electrons. The van der Waals surface area contributed by atoms with Gasteiger partial charge in [0.2, 0.25) is 0 Å². The molecule has 23 heavy (non-hydrogen) atoms. The Morgan fingerprint density at radius 1 is 1.13 bits per heavy atom. The zero-order chi connectivity index (χ0) is 16.9. The van der Waals surface area contributed by atoms with Crippen LogP contribution in [0.2, 0.25) is 0 Å². The van der Waals surface area contributed by atoms with Crippen LogP contribution in [-0.4, -0.2) is 5.78 Å². The minimum Gasteiger partial charge on any atom is -0.299 e. The van der Waals surface area contributed by atoms with Crippen LogP contribution in [0.1, 0.15) is 86.0 Å². The van der Waals surface area contributed by atoms with Gasteiger partial charge in [0, 0.05) is 11.8 Å². The second-order valence-electron chi connectivity index (χ2n) is 8.78. The highest BCUT2D eigenvalue weighted by molar-refractivity contribution is 5.86. The van der Waals surface area contributed by atoms with Crippen LogP contribution in [0.15, 0.2) is 11.6 Å². The summed E-state index contributed by atoms with van der Waals surface area (Å²) in [5, 5.41) is 0. The van der Waals surface area contributed by atoms with Crippen molar-refractivity contribution in [2.75, 3.05) is 0 Å². The Morgan fingerprint density at radius 3 is 2.52 bits per heavy atom. The van der Waals surface area contributed by atoms with Gasteiger partial charge in [0.25, 0.3) is 0 Å². The Bertz CT molecular complexity index is 614. The van der Waals surface area contributed by atoms with Crippen molar-refractivity contribution in [2.45, 2.75) is 86.0 Å². The van der Waals surface area contributed by atoms with Crippen molar-refractivity contribution in [3.63, 3.8) is 0 Å². The molecule has 0 spiro atoms. The first-order valence-corrected chi connectivity index (χ1v) is 9.48. The largest absolute Gasteiger partial charge is 0.299 e. The normalized spacial score (nSPS) is 42.0. The van der Waals surface area contributed by atoms with Crippen molar-refractivity contribution in [3.05, 3.63) is 11.6 Å². The van der Waals surface area contributed by atoms with Crippen LogP contribution in [0.4, 0.5) is 0 Å². The molecule has 0 amide bonds. The van der Waals surface area contributed by atoms with E-state index in [0.717, 1.165) is 32.1 Å². The minimum absolute atomic E-state index is 0.0941. The lowest BCUT2D eigenvalue weighted by atomic mass is 9.36. The van der Waals surface area contributed by atoms with Crippen molar-refractivity contribution >= 4 is 5.78 Å². The van der Waals surface area contributed by atoms with E-state index in [2.05, 4.69) is 45.6 Å². The van der Waals surface area contributed by atoms with E-state index in [-0.39, 0.29) is 21.7 Å². The van der Waals surface area contributed by atoms with E-state index in [1.54, 1.807) is 5.57 Å². The average molecular weight is 312 g/mol. The van der Waals surface area contributed by atoms with Crippen molar-refractivity contribution in [1.82, 2.24) is 0 Å². The van der Waals surface area contributed by atoms with Gasteiger partial charge in [-0.05, 0) is 68.3 Å².